The number of hydrogen-bond donors (Lipinski definition) is 2. The number of nitrogens with one attached hydrogen (secondary N) is 2. The van der Waals surface area contributed by atoms with Crippen LogP contribution in [0, 0.1) is 5.92 Å². The van der Waals surface area contributed by atoms with Crippen molar-refractivity contribution in [3.63, 3.8) is 0 Å². The summed E-state index contributed by atoms with van der Waals surface area (Å²) in [5.41, 5.74) is 1.71. The predicted octanol–water partition coefficient (Wildman–Crippen LogP) is 4.22. The highest BCUT2D eigenvalue weighted by molar-refractivity contribution is 6.30. The minimum absolute atomic E-state index is 0.00360. The van der Waals surface area contributed by atoms with E-state index in [2.05, 4.69) is 10.6 Å². The van der Waals surface area contributed by atoms with Crippen LogP contribution in [0.5, 0.6) is 0 Å². The fourth-order valence-electron chi connectivity index (χ4n) is 3.28. The lowest BCUT2D eigenvalue weighted by Gasteiger charge is -2.24. The summed E-state index contributed by atoms with van der Waals surface area (Å²) in [5, 5.41) is 6.54. The summed E-state index contributed by atoms with van der Waals surface area (Å²) in [5.74, 6) is -0.265. The summed E-state index contributed by atoms with van der Waals surface area (Å²) >= 11 is 5.99. The molecule has 0 aliphatic heterocycles. The van der Waals surface area contributed by atoms with E-state index in [1.807, 2.05) is 56.3 Å². The van der Waals surface area contributed by atoms with Gasteiger partial charge < -0.3 is 10.6 Å². The second-order valence-corrected chi connectivity index (χ2v) is 7.82. The Morgan fingerprint density at radius 3 is 2.07 bits per heavy atom. The molecule has 0 spiro atoms. The molecule has 3 rings (SSSR count). The Morgan fingerprint density at radius 2 is 1.52 bits per heavy atom. The van der Waals surface area contributed by atoms with Gasteiger partial charge in [-0.15, -0.1) is 0 Å². The van der Waals surface area contributed by atoms with Gasteiger partial charge in [-0.1, -0.05) is 54.1 Å². The van der Waals surface area contributed by atoms with Gasteiger partial charge in [0.05, 0.1) is 5.92 Å². The molecule has 1 fully saturated rings. The van der Waals surface area contributed by atoms with Crippen LogP contribution < -0.4 is 10.6 Å². The summed E-state index contributed by atoms with van der Waals surface area (Å²) < 4.78 is 0. The van der Waals surface area contributed by atoms with Crippen LogP contribution in [0.1, 0.15) is 49.8 Å². The number of amides is 2. The Morgan fingerprint density at radius 1 is 0.889 bits per heavy atom. The SMILES string of the molecule is CC(C)NC(=O)[C@@H](NC(=O)C(c1ccc(Cl)cc1)C1CC1)c1ccccc1. The van der Waals surface area contributed by atoms with Crippen LogP contribution >= 0.6 is 11.6 Å². The van der Waals surface area contributed by atoms with Crippen LogP contribution in [0.25, 0.3) is 0 Å². The molecule has 2 aromatic rings. The van der Waals surface area contributed by atoms with E-state index < -0.39 is 6.04 Å². The van der Waals surface area contributed by atoms with Crippen LogP contribution in [-0.2, 0) is 9.59 Å². The number of benzene rings is 2. The lowest BCUT2D eigenvalue weighted by atomic mass is 9.92. The molecule has 1 aliphatic rings. The first kappa shape index (κ1) is 19.4. The van der Waals surface area contributed by atoms with Gasteiger partial charge in [0.1, 0.15) is 6.04 Å². The highest BCUT2D eigenvalue weighted by Crippen LogP contribution is 2.43. The van der Waals surface area contributed by atoms with Crippen molar-refractivity contribution in [1.29, 1.82) is 0 Å². The van der Waals surface area contributed by atoms with Gasteiger partial charge in [0.15, 0.2) is 0 Å². The molecule has 0 aromatic heterocycles. The molecule has 1 unspecified atom stereocenters. The fourth-order valence-corrected chi connectivity index (χ4v) is 3.41. The number of carbonyl (C=O) groups is 2. The average Bonchev–Trinajstić information content (AvgIpc) is 3.46. The second kappa shape index (κ2) is 8.57. The Labute approximate surface area is 165 Å². The van der Waals surface area contributed by atoms with E-state index in [4.69, 9.17) is 11.6 Å². The third-order valence-corrected chi connectivity index (χ3v) is 4.97. The van der Waals surface area contributed by atoms with Crippen molar-refractivity contribution in [2.24, 2.45) is 5.92 Å². The lowest BCUT2D eigenvalue weighted by molar-refractivity contribution is -0.130. The van der Waals surface area contributed by atoms with Gasteiger partial charge in [0.2, 0.25) is 11.8 Å². The summed E-state index contributed by atoms with van der Waals surface area (Å²) in [7, 11) is 0. The molecule has 1 saturated carbocycles. The van der Waals surface area contributed by atoms with Gasteiger partial charge in [-0.2, -0.15) is 0 Å². The second-order valence-electron chi connectivity index (χ2n) is 7.38. The van der Waals surface area contributed by atoms with Crippen molar-refractivity contribution >= 4 is 23.4 Å². The number of carbonyl (C=O) groups excluding carboxylic acids is 2. The van der Waals surface area contributed by atoms with E-state index in [-0.39, 0.29) is 23.8 Å². The number of halogens is 1. The van der Waals surface area contributed by atoms with Crippen molar-refractivity contribution in [2.45, 2.75) is 44.7 Å². The molecule has 142 valence electrons. The third kappa shape index (κ3) is 5.10. The van der Waals surface area contributed by atoms with Gasteiger partial charge in [-0.25, -0.2) is 0 Å². The first-order chi connectivity index (χ1) is 13.0. The van der Waals surface area contributed by atoms with E-state index in [0.717, 1.165) is 24.0 Å². The van der Waals surface area contributed by atoms with E-state index >= 15 is 0 Å². The summed E-state index contributed by atoms with van der Waals surface area (Å²) in [6, 6.07) is 16.0. The zero-order valence-corrected chi connectivity index (χ0v) is 16.4. The van der Waals surface area contributed by atoms with Gasteiger partial charge in [-0.05, 0) is 55.9 Å². The van der Waals surface area contributed by atoms with Crippen LogP contribution in [0.15, 0.2) is 54.6 Å². The maximum Gasteiger partial charge on any atom is 0.247 e. The highest BCUT2D eigenvalue weighted by Gasteiger charge is 2.38. The predicted molar refractivity (Wildman–Crippen MR) is 108 cm³/mol. The topological polar surface area (TPSA) is 58.2 Å². The van der Waals surface area contributed by atoms with E-state index in [1.165, 1.54) is 0 Å². The Kier molecular flexibility index (Phi) is 6.17. The normalized spacial score (nSPS) is 15.9. The van der Waals surface area contributed by atoms with E-state index in [1.54, 1.807) is 12.1 Å². The van der Waals surface area contributed by atoms with Gasteiger partial charge in [0.25, 0.3) is 0 Å². The smallest absolute Gasteiger partial charge is 0.247 e. The Balaban J connectivity index is 1.83. The van der Waals surface area contributed by atoms with Crippen molar-refractivity contribution < 1.29 is 9.59 Å². The number of hydrogen-bond acceptors (Lipinski definition) is 2. The number of rotatable bonds is 7. The van der Waals surface area contributed by atoms with Crippen molar-refractivity contribution in [1.82, 2.24) is 10.6 Å². The van der Waals surface area contributed by atoms with Crippen LogP contribution in [0.4, 0.5) is 0 Å². The molecule has 2 aromatic carbocycles. The maximum atomic E-state index is 13.2. The molecule has 1 aliphatic carbocycles. The molecule has 0 heterocycles. The van der Waals surface area contributed by atoms with Crippen molar-refractivity contribution in [3.05, 3.63) is 70.7 Å². The minimum Gasteiger partial charge on any atom is -0.352 e. The van der Waals surface area contributed by atoms with Crippen molar-refractivity contribution in [2.75, 3.05) is 0 Å². The molecule has 5 heteroatoms. The fraction of sp³-hybridized carbons (Fsp3) is 0.364. The molecule has 2 amide bonds. The summed E-state index contributed by atoms with van der Waals surface area (Å²) in [6.07, 6.45) is 2.05. The van der Waals surface area contributed by atoms with Crippen LogP contribution in [0.2, 0.25) is 5.02 Å². The molecule has 0 saturated heterocycles. The van der Waals surface area contributed by atoms with Gasteiger partial charge in [0, 0.05) is 11.1 Å². The molecule has 2 atom stereocenters. The summed E-state index contributed by atoms with van der Waals surface area (Å²) in [4.78, 5) is 25.9. The maximum absolute atomic E-state index is 13.2. The van der Waals surface area contributed by atoms with E-state index in [0.29, 0.717) is 10.9 Å². The summed E-state index contributed by atoms with van der Waals surface area (Å²) in [6.45, 7) is 3.81. The molecule has 0 bridgehead atoms. The lowest BCUT2D eigenvalue weighted by Crippen LogP contribution is -2.44. The first-order valence-electron chi connectivity index (χ1n) is 9.37. The quantitative estimate of drug-likeness (QED) is 0.751. The largest absolute Gasteiger partial charge is 0.352 e. The molecule has 27 heavy (non-hydrogen) atoms. The molecule has 2 N–H and O–H groups in total. The van der Waals surface area contributed by atoms with Crippen LogP contribution in [0.3, 0.4) is 0 Å². The van der Waals surface area contributed by atoms with E-state index in [9.17, 15) is 9.59 Å². The average molecular weight is 385 g/mol. The molecular formula is C22H25ClN2O2. The molecule has 4 nitrogen and oxygen atoms in total. The highest BCUT2D eigenvalue weighted by atomic mass is 35.5. The Hall–Kier alpha value is -2.33. The van der Waals surface area contributed by atoms with Gasteiger partial charge in [-0.3, -0.25) is 9.59 Å². The third-order valence-electron chi connectivity index (χ3n) is 4.72. The Bertz CT molecular complexity index is 786. The first-order valence-corrected chi connectivity index (χ1v) is 9.74. The zero-order chi connectivity index (χ0) is 19.4. The molecule has 0 radical (unpaired) electrons. The minimum atomic E-state index is -0.713. The standard InChI is InChI=1S/C22H25ClN2O2/c1-14(2)24-22(27)20(17-6-4-3-5-7-17)25-21(26)19(15-8-9-15)16-10-12-18(23)13-11-16/h3-7,10-15,19-20H,8-9H2,1-2H3,(H,24,27)(H,25,26)/t19?,20-/m0/s1. The zero-order valence-electron chi connectivity index (χ0n) is 15.6. The monoisotopic (exact) mass is 384 g/mol. The van der Waals surface area contributed by atoms with Crippen molar-refractivity contribution in [3.8, 4) is 0 Å². The molecular weight excluding hydrogens is 360 g/mol. The van der Waals surface area contributed by atoms with Gasteiger partial charge >= 0.3 is 0 Å². The van der Waals surface area contributed by atoms with Crippen LogP contribution in [-0.4, -0.2) is 17.9 Å².